The van der Waals surface area contributed by atoms with E-state index in [1.54, 1.807) is 0 Å². The summed E-state index contributed by atoms with van der Waals surface area (Å²) >= 11 is 2.01. The first-order chi connectivity index (χ1) is 10.2. The summed E-state index contributed by atoms with van der Waals surface area (Å²) in [5.74, 6) is 2.04. The topological polar surface area (TPSA) is 15.3 Å². The molecule has 0 saturated carbocycles. The second-order valence-electron chi connectivity index (χ2n) is 6.86. The first kappa shape index (κ1) is 15.4. The second kappa shape index (κ2) is 7.17. The van der Waals surface area contributed by atoms with Crippen molar-refractivity contribution in [3.8, 4) is 0 Å². The van der Waals surface area contributed by atoms with Crippen molar-refractivity contribution in [1.29, 1.82) is 0 Å². The predicted octanol–water partition coefficient (Wildman–Crippen LogP) is 3.93. The van der Waals surface area contributed by atoms with Gasteiger partial charge in [0.05, 0.1) is 0 Å². The number of nitrogens with zero attached hydrogens (tertiary/aromatic N) is 1. The van der Waals surface area contributed by atoms with E-state index in [9.17, 15) is 0 Å². The molecular weight excluding hydrogens is 276 g/mol. The molecule has 0 aliphatic carbocycles. The average Bonchev–Trinajstić information content (AvgIpc) is 2.49. The zero-order chi connectivity index (χ0) is 14.7. The van der Waals surface area contributed by atoms with Gasteiger partial charge < -0.3 is 10.2 Å². The minimum absolute atomic E-state index is 0.573. The quantitative estimate of drug-likeness (QED) is 0.907. The molecule has 116 valence electrons. The summed E-state index contributed by atoms with van der Waals surface area (Å²) in [7, 11) is 0. The number of thioether (sulfide) groups is 1. The second-order valence-corrected chi connectivity index (χ2v) is 8.00. The van der Waals surface area contributed by atoms with E-state index in [4.69, 9.17) is 0 Å². The Morgan fingerprint density at radius 3 is 2.71 bits per heavy atom. The lowest BCUT2D eigenvalue weighted by Crippen LogP contribution is -2.45. The summed E-state index contributed by atoms with van der Waals surface area (Å²) in [6.45, 7) is 8.43. The van der Waals surface area contributed by atoms with E-state index in [2.05, 4.69) is 48.3 Å². The van der Waals surface area contributed by atoms with Gasteiger partial charge in [-0.2, -0.15) is 0 Å². The van der Waals surface area contributed by atoms with Crippen molar-refractivity contribution in [2.24, 2.45) is 5.92 Å². The van der Waals surface area contributed by atoms with Crippen LogP contribution >= 0.6 is 11.8 Å². The molecule has 0 aromatic heterocycles. The number of rotatable bonds is 4. The van der Waals surface area contributed by atoms with Crippen LogP contribution in [0.5, 0.6) is 0 Å². The molecule has 1 N–H and O–H groups in total. The van der Waals surface area contributed by atoms with Crippen molar-refractivity contribution >= 4 is 11.8 Å². The number of nitrogens with one attached hydrogen (secondary N) is 1. The highest BCUT2D eigenvalue weighted by molar-refractivity contribution is 7.99. The zero-order valence-corrected chi connectivity index (χ0v) is 14.2. The van der Waals surface area contributed by atoms with Crippen LogP contribution in [0.4, 0.5) is 0 Å². The molecule has 1 fully saturated rings. The Morgan fingerprint density at radius 1 is 1.19 bits per heavy atom. The summed E-state index contributed by atoms with van der Waals surface area (Å²) in [5, 5.41) is 3.95. The van der Waals surface area contributed by atoms with Crippen LogP contribution in [0.2, 0.25) is 0 Å². The SMILES string of the molecule is CC(C)CN1CCC(NC2CCSc3ccccc32)CC1. The monoisotopic (exact) mass is 304 g/mol. The van der Waals surface area contributed by atoms with Crippen LogP contribution in [0.1, 0.15) is 44.7 Å². The van der Waals surface area contributed by atoms with Crippen LogP contribution < -0.4 is 5.32 Å². The molecule has 0 spiro atoms. The number of hydrogen-bond donors (Lipinski definition) is 1. The lowest BCUT2D eigenvalue weighted by molar-refractivity contribution is 0.173. The Hall–Kier alpha value is -0.510. The molecule has 2 nitrogen and oxygen atoms in total. The van der Waals surface area contributed by atoms with Gasteiger partial charge in [0.2, 0.25) is 0 Å². The standard InChI is InChI=1S/C18H28N2S/c1-14(2)13-20-10-7-15(8-11-20)19-17-9-12-21-18-6-4-3-5-16(17)18/h3-6,14-15,17,19H,7-13H2,1-2H3. The number of likely N-dealkylation sites (tertiary alicyclic amines) is 1. The Morgan fingerprint density at radius 2 is 1.95 bits per heavy atom. The third-order valence-electron chi connectivity index (χ3n) is 4.61. The molecule has 1 aromatic carbocycles. The molecular formula is C18H28N2S. The molecule has 1 aromatic rings. The van der Waals surface area contributed by atoms with Crippen LogP contribution in [0, 0.1) is 5.92 Å². The smallest absolute Gasteiger partial charge is 0.0341 e. The van der Waals surface area contributed by atoms with Gasteiger partial charge in [-0.1, -0.05) is 32.0 Å². The van der Waals surface area contributed by atoms with Gasteiger partial charge in [0.1, 0.15) is 0 Å². The Kier molecular flexibility index (Phi) is 5.25. The van der Waals surface area contributed by atoms with E-state index in [1.165, 1.54) is 55.1 Å². The van der Waals surface area contributed by atoms with Crippen molar-refractivity contribution < 1.29 is 0 Å². The predicted molar refractivity (Wildman–Crippen MR) is 92.0 cm³/mol. The van der Waals surface area contributed by atoms with Crippen LogP contribution in [0.3, 0.4) is 0 Å². The maximum absolute atomic E-state index is 3.95. The Labute approximate surface area is 133 Å². The highest BCUT2D eigenvalue weighted by Crippen LogP contribution is 2.36. The summed E-state index contributed by atoms with van der Waals surface area (Å²) in [6.07, 6.45) is 3.88. The third-order valence-corrected chi connectivity index (χ3v) is 5.73. The number of hydrogen-bond acceptors (Lipinski definition) is 3. The normalized spacial score (nSPS) is 24.2. The molecule has 0 amide bonds. The van der Waals surface area contributed by atoms with Gasteiger partial charge in [0.15, 0.2) is 0 Å². The fourth-order valence-electron chi connectivity index (χ4n) is 3.60. The fraction of sp³-hybridized carbons (Fsp3) is 0.667. The molecule has 1 unspecified atom stereocenters. The van der Waals surface area contributed by atoms with Crippen molar-refractivity contribution in [1.82, 2.24) is 10.2 Å². The van der Waals surface area contributed by atoms with E-state index in [0.717, 1.165) is 5.92 Å². The van der Waals surface area contributed by atoms with E-state index >= 15 is 0 Å². The van der Waals surface area contributed by atoms with Crippen LogP contribution in [-0.4, -0.2) is 36.3 Å². The number of fused-ring (bicyclic) bond motifs is 1. The molecule has 0 bridgehead atoms. The zero-order valence-electron chi connectivity index (χ0n) is 13.3. The van der Waals surface area contributed by atoms with Crippen molar-refractivity contribution in [3.05, 3.63) is 29.8 Å². The lowest BCUT2D eigenvalue weighted by Gasteiger charge is -2.36. The van der Waals surface area contributed by atoms with Crippen molar-refractivity contribution in [2.45, 2.75) is 50.1 Å². The van der Waals surface area contributed by atoms with Gasteiger partial charge in [-0.3, -0.25) is 0 Å². The summed E-state index contributed by atoms with van der Waals surface area (Å²) in [6, 6.07) is 10.2. The highest BCUT2D eigenvalue weighted by atomic mass is 32.2. The lowest BCUT2D eigenvalue weighted by atomic mass is 9.98. The van der Waals surface area contributed by atoms with E-state index < -0.39 is 0 Å². The van der Waals surface area contributed by atoms with Gasteiger partial charge in [-0.15, -0.1) is 11.8 Å². The third kappa shape index (κ3) is 4.02. The summed E-state index contributed by atoms with van der Waals surface area (Å²) in [5.41, 5.74) is 1.53. The average molecular weight is 305 g/mol. The molecule has 2 heterocycles. The minimum atomic E-state index is 0.573. The van der Waals surface area contributed by atoms with Crippen LogP contribution in [0.15, 0.2) is 29.2 Å². The molecule has 1 saturated heterocycles. The van der Waals surface area contributed by atoms with E-state index in [1.807, 2.05) is 11.8 Å². The van der Waals surface area contributed by atoms with Crippen molar-refractivity contribution in [3.63, 3.8) is 0 Å². The van der Waals surface area contributed by atoms with Gasteiger partial charge >= 0.3 is 0 Å². The van der Waals surface area contributed by atoms with Gasteiger partial charge in [-0.05, 0) is 55.7 Å². The fourth-order valence-corrected chi connectivity index (χ4v) is 4.72. The Bertz CT molecular complexity index is 452. The molecule has 3 heteroatoms. The van der Waals surface area contributed by atoms with Gasteiger partial charge in [-0.25, -0.2) is 0 Å². The molecule has 1 atom stereocenters. The van der Waals surface area contributed by atoms with Crippen LogP contribution in [-0.2, 0) is 0 Å². The largest absolute Gasteiger partial charge is 0.307 e. The molecule has 21 heavy (non-hydrogen) atoms. The number of benzene rings is 1. The molecule has 0 radical (unpaired) electrons. The van der Waals surface area contributed by atoms with Gasteiger partial charge in [0.25, 0.3) is 0 Å². The maximum Gasteiger partial charge on any atom is 0.0341 e. The summed E-state index contributed by atoms with van der Waals surface area (Å²) in [4.78, 5) is 4.12. The first-order valence-corrected chi connectivity index (χ1v) is 9.41. The molecule has 2 aliphatic rings. The Balaban J connectivity index is 1.54. The minimum Gasteiger partial charge on any atom is -0.307 e. The first-order valence-electron chi connectivity index (χ1n) is 8.42. The van der Waals surface area contributed by atoms with E-state index in [0.29, 0.717) is 12.1 Å². The highest BCUT2D eigenvalue weighted by Gasteiger charge is 2.25. The van der Waals surface area contributed by atoms with Crippen LogP contribution in [0.25, 0.3) is 0 Å². The van der Waals surface area contributed by atoms with Crippen molar-refractivity contribution in [2.75, 3.05) is 25.4 Å². The summed E-state index contributed by atoms with van der Waals surface area (Å²) < 4.78 is 0. The molecule has 2 aliphatic heterocycles. The maximum atomic E-state index is 3.95. The molecule has 3 rings (SSSR count). The van der Waals surface area contributed by atoms with Gasteiger partial charge in [0, 0.05) is 23.5 Å². The van der Waals surface area contributed by atoms with E-state index in [-0.39, 0.29) is 0 Å². The number of piperidine rings is 1.